The molecule has 0 saturated heterocycles. The van der Waals surface area contributed by atoms with Crippen molar-refractivity contribution in [3.63, 3.8) is 0 Å². The topological polar surface area (TPSA) is 38.1 Å². The molecule has 112 valence electrons. The second-order valence-electron chi connectivity index (χ2n) is 4.82. The molecular weight excluding hydrogens is 316 g/mol. The van der Waals surface area contributed by atoms with Gasteiger partial charge in [0, 0.05) is 12.1 Å². The van der Waals surface area contributed by atoms with E-state index in [2.05, 4.69) is 5.10 Å². The van der Waals surface area contributed by atoms with E-state index in [1.54, 1.807) is 0 Å². The van der Waals surface area contributed by atoms with Crippen LogP contribution in [-0.4, -0.2) is 41.1 Å². The summed E-state index contributed by atoms with van der Waals surface area (Å²) in [6.07, 6.45) is 1.42. The molecule has 0 N–H and O–H groups in total. The van der Waals surface area contributed by atoms with Crippen LogP contribution < -0.4 is 0 Å². The van der Waals surface area contributed by atoms with E-state index in [-0.39, 0.29) is 27.1 Å². The first-order chi connectivity index (χ1) is 9.90. The Balaban J connectivity index is 2.36. The van der Waals surface area contributed by atoms with Crippen LogP contribution in [0.15, 0.2) is 24.4 Å². The summed E-state index contributed by atoms with van der Waals surface area (Å²) in [5, 5.41) is 4.40. The monoisotopic (exact) mass is 329 g/mol. The molecule has 0 aliphatic carbocycles. The van der Waals surface area contributed by atoms with Crippen LogP contribution in [0.5, 0.6) is 0 Å². The number of likely N-dealkylation sites (N-methyl/N-ethyl adjacent to an activating group) is 1. The summed E-state index contributed by atoms with van der Waals surface area (Å²) >= 11 is 12.0. The highest BCUT2D eigenvalue weighted by atomic mass is 35.5. The molecule has 0 aliphatic rings. The van der Waals surface area contributed by atoms with Crippen molar-refractivity contribution in [2.45, 2.75) is 6.54 Å². The zero-order chi connectivity index (χ0) is 15.6. The van der Waals surface area contributed by atoms with Crippen LogP contribution in [0.1, 0.15) is 16.1 Å². The van der Waals surface area contributed by atoms with E-state index in [4.69, 9.17) is 23.2 Å². The molecule has 0 bridgehead atoms. The molecule has 0 spiro atoms. The highest BCUT2D eigenvalue weighted by molar-refractivity contribution is 6.37. The van der Waals surface area contributed by atoms with Crippen molar-refractivity contribution in [2.24, 2.45) is 0 Å². The fourth-order valence-electron chi connectivity index (χ4n) is 1.85. The zero-order valence-electron chi connectivity index (χ0n) is 11.6. The molecule has 0 fully saturated rings. The highest BCUT2D eigenvalue weighted by Crippen LogP contribution is 2.24. The van der Waals surface area contributed by atoms with Gasteiger partial charge in [-0.2, -0.15) is 5.10 Å². The molecular formula is C14H14Cl2FN3O. The Morgan fingerprint density at radius 2 is 2.05 bits per heavy atom. The molecule has 1 aromatic carbocycles. The molecule has 4 nitrogen and oxygen atoms in total. The standard InChI is InChI=1S/C14H14Cl2FN3O/c1-19(2)5-6-20-13(12(16)8-18-20)14(21)10-4-3-9(17)7-11(10)15/h3-4,7-8H,5-6H2,1-2H3. The molecule has 1 aromatic heterocycles. The van der Waals surface area contributed by atoms with Crippen LogP contribution in [0, 0.1) is 5.82 Å². The summed E-state index contributed by atoms with van der Waals surface area (Å²) in [6, 6.07) is 3.64. The summed E-state index contributed by atoms with van der Waals surface area (Å²) in [4.78, 5) is 14.5. The van der Waals surface area contributed by atoms with Gasteiger partial charge < -0.3 is 4.90 Å². The number of carbonyl (C=O) groups excluding carboxylic acids is 1. The van der Waals surface area contributed by atoms with Crippen molar-refractivity contribution in [3.8, 4) is 0 Å². The summed E-state index contributed by atoms with van der Waals surface area (Å²) in [5.74, 6) is -0.870. The number of nitrogens with zero attached hydrogens (tertiary/aromatic N) is 3. The number of ketones is 1. The fraction of sp³-hybridized carbons (Fsp3) is 0.286. The molecule has 0 unspecified atom stereocenters. The summed E-state index contributed by atoms with van der Waals surface area (Å²) in [7, 11) is 3.84. The van der Waals surface area contributed by atoms with Gasteiger partial charge in [-0.25, -0.2) is 4.39 Å². The number of halogens is 3. The third-order valence-electron chi connectivity index (χ3n) is 2.94. The van der Waals surface area contributed by atoms with E-state index in [9.17, 15) is 9.18 Å². The van der Waals surface area contributed by atoms with Gasteiger partial charge in [0.05, 0.1) is 22.8 Å². The van der Waals surface area contributed by atoms with Crippen molar-refractivity contribution < 1.29 is 9.18 Å². The number of hydrogen-bond donors (Lipinski definition) is 0. The normalized spacial score (nSPS) is 11.1. The molecule has 2 aromatic rings. The summed E-state index contributed by atoms with van der Waals surface area (Å²) < 4.78 is 14.6. The molecule has 0 saturated carbocycles. The molecule has 0 aliphatic heterocycles. The minimum absolute atomic E-state index is 0.0522. The number of aromatic nitrogens is 2. The Morgan fingerprint density at radius 3 is 2.67 bits per heavy atom. The Bertz CT molecular complexity index is 670. The third-order valence-corrected chi connectivity index (χ3v) is 3.53. The van der Waals surface area contributed by atoms with Crippen LogP contribution in [0.2, 0.25) is 10.0 Å². The van der Waals surface area contributed by atoms with E-state index in [1.165, 1.54) is 23.0 Å². The maximum atomic E-state index is 13.1. The summed E-state index contributed by atoms with van der Waals surface area (Å²) in [6.45, 7) is 1.22. The first-order valence-corrected chi connectivity index (χ1v) is 7.01. The van der Waals surface area contributed by atoms with Crippen LogP contribution >= 0.6 is 23.2 Å². The predicted octanol–water partition coefficient (Wildman–Crippen LogP) is 3.12. The van der Waals surface area contributed by atoms with Crippen LogP contribution in [0.4, 0.5) is 4.39 Å². The van der Waals surface area contributed by atoms with Crippen molar-refractivity contribution in [2.75, 3.05) is 20.6 Å². The smallest absolute Gasteiger partial charge is 0.214 e. The maximum absolute atomic E-state index is 13.1. The number of benzene rings is 1. The molecule has 0 amide bonds. The SMILES string of the molecule is CN(C)CCn1ncc(Cl)c1C(=O)c1ccc(F)cc1Cl. The number of carbonyl (C=O) groups is 1. The van der Waals surface area contributed by atoms with Gasteiger partial charge in [-0.05, 0) is 32.3 Å². The predicted molar refractivity (Wildman–Crippen MR) is 80.6 cm³/mol. The van der Waals surface area contributed by atoms with E-state index >= 15 is 0 Å². The Labute approximate surface area is 132 Å². The lowest BCUT2D eigenvalue weighted by Crippen LogP contribution is -2.22. The van der Waals surface area contributed by atoms with Gasteiger partial charge in [-0.3, -0.25) is 9.48 Å². The number of rotatable bonds is 5. The van der Waals surface area contributed by atoms with Gasteiger partial charge in [0.15, 0.2) is 0 Å². The largest absolute Gasteiger partial charge is 0.308 e. The molecule has 21 heavy (non-hydrogen) atoms. The van der Waals surface area contributed by atoms with E-state index in [0.717, 1.165) is 6.07 Å². The van der Waals surface area contributed by atoms with Crippen LogP contribution in [-0.2, 0) is 6.54 Å². The zero-order valence-corrected chi connectivity index (χ0v) is 13.1. The second-order valence-corrected chi connectivity index (χ2v) is 5.64. The third kappa shape index (κ3) is 3.61. The Hall–Kier alpha value is -1.43. The fourth-order valence-corrected chi connectivity index (χ4v) is 2.33. The minimum Gasteiger partial charge on any atom is -0.308 e. The molecule has 0 atom stereocenters. The van der Waals surface area contributed by atoms with Gasteiger partial charge in [0.2, 0.25) is 5.78 Å². The quantitative estimate of drug-likeness (QED) is 0.791. The van der Waals surface area contributed by atoms with Crippen LogP contribution in [0.25, 0.3) is 0 Å². The van der Waals surface area contributed by atoms with Crippen molar-refractivity contribution in [1.82, 2.24) is 14.7 Å². The van der Waals surface area contributed by atoms with Gasteiger partial charge >= 0.3 is 0 Å². The Kier molecular flexibility index (Phi) is 4.98. The van der Waals surface area contributed by atoms with Gasteiger partial charge in [-0.15, -0.1) is 0 Å². The summed E-state index contributed by atoms with van der Waals surface area (Å²) in [5.41, 5.74) is 0.457. The van der Waals surface area contributed by atoms with Crippen molar-refractivity contribution >= 4 is 29.0 Å². The average molecular weight is 330 g/mol. The Morgan fingerprint density at radius 1 is 1.33 bits per heavy atom. The lowest BCUT2D eigenvalue weighted by molar-refractivity contribution is 0.102. The van der Waals surface area contributed by atoms with E-state index < -0.39 is 5.82 Å². The lowest BCUT2D eigenvalue weighted by atomic mass is 10.1. The maximum Gasteiger partial charge on any atom is 0.214 e. The highest BCUT2D eigenvalue weighted by Gasteiger charge is 2.21. The van der Waals surface area contributed by atoms with Crippen molar-refractivity contribution in [1.29, 1.82) is 0 Å². The van der Waals surface area contributed by atoms with Gasteiger partial charge in [0.25, 0.3) is 0 Å². The number of hydrogen-bond acceptors (Lipinski definition) is 3. The van der Waals surface area contributed by atoms with E-state index in [0.29, 0.717) is 13.1 Å². The minimum atomic E-state index is -0.497. The molecule has 7 heteroatoms. The van der Waals surface area contributed by atoms with E-state index in [1.807, 2.05) is 19.0 Å². The molecule has 1 heterocycles. The second kappa shape index (κ2) is 6.56. The van der Waals surface area contributed by atoms with Crippen molar-refractivity contribution in [3.05, 3.63) is 51.5 Å². The van der Waals surface area contributed by atoms with Gasteiger partial charge in [0.1, 0.15) is 11.5 Å². The average Bonchev–Trinajstić information content (AvgIpc) is 2.77. The molecule has 2 rings (SSSR count). The molecule has 0 radical (unpaired) electrons. The van der Waals surface area contributed by atoms with Crippen LogP contribution in [0.3, 0.4) is 0 Å². The first-order valence-electron chi connectivity index (χ1n) is 6.26. The first kappa shape index (κ1) is 15.9. The lowest BCUT2D eigenvalue weighted by Gasteiger charge is -2.12. The van der Waals surface area contributed by atoms with Gasteiger partial charge in [-0.1, -0.05) is 23.2 Å².